The zero-order valence-corrected chi connectivity index (χ0v) is 12.1. The molecule has 0 unspecified atom stereocenters. The third kappa shape index (κ3) is 3.99. The lowest BCUT2D eigenvalue weighted by molar-refractivity contribution is -0.386. The van der Waals surface area contributed by atoms with Gasteiger partial charge < -0.3 is 4.74 Å². The number of rotatable bonds is 6. The first-order valence-corrected chi connectivity index (χ1v) is 6.78. The maximum atomic E-state index is 10.9. The summed E-state index contributed by atoms with van der Waals surface area (Å²) >= 11 is 3.15. The molecule has 0 aromatic carbocycles. The fourth-order valence-electron chi connectivity index (χ4n) is 1.65. The summed E-state index contributed by atoms with van der Waals surface area (Å²) in [5.41, 5.74) is 1.02. The number of nitrogens with zero attached hydrogens (tertiary/aromatic N) is 3. The summed E-state index contributed by atoms with van der Waals surface area (Å²) in [5.74, 6) is 0.0490. The van der Waals surface area contributed by atoms with E-state index in [1.165, 1.54) is 12.3 Å². The Balaban J connectivity index is 1.90. The van der Waals surface area contributed by atoms with Gasteiger partial charge in [0.05, 0.1) is 11.5 Å². The van der Waals surface area contributed by atoms with Gasteiger partial charge >= 0.3 is 5.69 Å². The summed E-state index contributed by atoms with van der Waals surface area (Å²) in [5, 5.41) is 10.9. The van der Waals surface area contributed by atoms with E-state index in [9.17, 15) is 10.1 Å². The van der Waals surface area contributed by atoms with Crippen LogP contribution in [0.1, 0.15) is 12.0 Å². The van der Waals surface area contributed by atoms with E-state index < -0.39 is 4.92 Å². The zero-order chi connectivity index (χ0) is 14.4. The number of aryl methyl sites for hydroxylation is 1. The predicted octanol–water partition coefficient (Wildman–Crippen LogP) is 3.16. The van der Waals surface area contributed by atoms with Gasteiger partial charge in [0.1, 0.15) is 0 Å². The molecule has 0 fully saturated rings. The molecule has 0 N–H and O–H groups in total. The van der Waals surface area contributed by atoms with Gasteiger partial charge in [-0.3, -0.25) is 15.1 Å². The van der Waals surface area contributed by atoms with Crippen molar-refractivity contribution in [2.45, 2.75) is 12.8 Å². The first kappa shape index (κ1) is 14.4. The van der Waals surface area contributed by atoms with Gasteiger partial charge in [0, 0.05) is 29.1 Å². The summed E-state index contributed by atoms with van der Waals surface area (Å²) in [6, 6.07) is 5.24. The molecule has 0 bridgehead atoms. The van der Waals surface area contributed by atoms with E-state index in [-0.39, 0.29) is 11.6 Å². The molecule has 2 aromatic heterocycles. The van der Waals surface area contributed by atoms with E-state index in [2.05, 4.69) is 25.9 Å². The summed E-state index contributed by atoms with van der Waals surface area (Å²) in [6.45, 7) is 0.373. The average molecular weight is 338 g/mol. The van der Waals surface area contributed by atoms with Gasteiger partial charge in [-0.1, -0.05) is 0 Å². The molecule has 104 valence electrons. The van der Waals surface area contributed by atoms with Crippen molar-refractivity contribution < 1.29 is 9.66 Å². The Labute approximate surface area is 124 Å². The Morgan fingerprint density at radius 2 is 2.10 bits per heavy atom. The van der Waals surface area contributed by atoms with Gasteiger partial charge in [0.15, 0.2) is 0 Å². The van der Waals surface area contributed by atoms with Crippen molar-refractivity contribution in [2.24, 2.45) is 0 Å². The fourth-order valence-corrected chi connectivity index (χ4v) is 1.97. The smallest absolute Gasteiger partial charge is 0.332 e. The molecule has 0 amide bonds. The summed E-state index contributed by atoms with van der Waals surface area (Å²) < 4.78 is 5.94. The minimum atomic E-state index is -0.504. The lowest BCUT2D eigenvalue weighted by Gasteiger charge is -2.06. The second-order valence-corrected chi connectivity index (χ2v) is 4.96. The molecule has 0 spiro atoms. The van der Waals surface area contributed by atoms with Crippen molar-refractivity contribution in [1.29, 1.82) is 0 Å². The van der Waals surface area contributed by atoms with Crippen molar-refractivity contribution in [2.75, 3.05) is 6.61 Å². The molecule has 0 aliphatic carbocycles. The third-order valence-electron chi connectivity index (χ3n) is 2.59. The van der Waals surface area contributed by atoms with Crippen LogP contribution in [-0.4, -0.2) is 21.5 Å². The number of hydrogen-bond donors (Lipinski definition) is 0. The largest absolute Gasteiger partial charge is 0.473 e. The molecule has 7 heteroatoms. The molecule has 2 rings (SSSR count). The molecule has 0 radical (unpaired) electrons. The SMILES string of the molecule is O=[N+]([O-])c1cc(Br)cnc1OCCCc1ccncc1. The maximum absolute atomic E-state index is 10.9. The van der Waals surface area contributed by atoms with Gasteiger partial charge in [0.2, 0.25) is 0 Å². The van der Waals surface area contributed by atoms with Gasteiger partial charge in [0.25, 0.3) is 5.88 Å². The minimum Gasteiger partial charge on any atom is -0.473 e. The van der Waals surface area contributed by atoms with Crippen LogP contribution in [0.2, 0.25) is 0 Å². The van der Waals surface area contributed by atoms with Crippen molar-refractivity contribution in [3.63, 3.8) is 0 Å². The molecule has 0 aliphatic heterocycles. The number of halogens is 1. The van der Waals surface area contributed by atoms with Crippen molar-refractivity contribution in [1.82, 2.24) is 9.97 Å². The van der Waals surface area contributed by atoms with Crippen LogP contribution < -0.4 is 4.74 Å². The highest BCUT2D eigenvalue weighted by molar-refractivity contribution is 9.10. The van der Waals surface area contributed by atoms with Crippen LogP contribution in [0.5, 0.6) is 5.88 Å². The Morgan fingerprint density at radius 3 is 2.80 bits per heavy atom. The Hall–Kier alpha value is -2.02. The molecule has 0 saturated carbocycles. The van der Waals surface area contributed by atoms with Crippen molar-refractivity contribution >= 4 is 21.6 Å². The molecule has 2 heterocycles. The highest BCUT2D eigenvalue weighted by Gasteiger charge is 2.17. The maximum Gasteiger partial charge on any atom is 0.332 e. The van der Waals surface area contributed by atoms with E-state index in [0.29, 0.717) is 11.1 Å². The quantitative estimate of drug-likeness (QED) is 0.459. The number of ether oxygens (including phenoxy) is 1. The van der Waals surface area contributed by atoms with Gasteiger partial charge in [-0.25, -0.2) is 4.98 Å². The minimum absolute atomic E-state index is 0.0490. The normalized spacial score (nSPS) is 10.2. The summed E-state index contributed by atoms with van der Waals surface area (Å²) in [4.78, 5) is 18.2. The van der Waals surface area contributed by atoms with E-state index in [0.717, 1.165) is 18.4 Å². The number of hydrogen-bond acceptors (Lipinski definition) is 5. The van der Waals surface area contributed by atoms with E-state index >= 15 is 0 Å². The Kier molecular flexibility index (Phi) is 5.00. The molecular weight excluding hydrogens is 326 g/mol. The van der Waals surface area contributed by atoms with Crippen LogP contribution in [0.15, 0.2) is 41.3 Å². The monoisotopic (exact) mass is 337 g/mol. The standard InChI is InChI=1S/C13H12BrN3O3/c14-11-8-12(17(18)19)13(16-9-11)20-7-1-2-10-3-5-15-6-4-10/h3-6,8-9H,1-2,7H2. The molecule has 0 atom stereocenters. The van der Waals surface area contributed by atoms with Crippen LogP contribution in [0.3, 0.4) is 0 Å². The Morgan fingerprint density at radius 1 is 1.35 bits per heavy atom. The predicted molar refractivity (Wildman–Crippen MR) is 76.6 cm³/mol. The first-order valence-electron chi connectivity index (χ1n) is 5.98. The highest BCUT2D eigenvalue weighted by atomic mass is 79.9. The molecule has 0 saturated heterocycles. The van der Waals surface area contributed by atoms with Crippen molar-refractivity contribution in [3.8, 4) is 5.88 Å². The van der Waals surface area contributed by atoms with E-state index in [4.69, 9.17) is 4.74 Å². The lowest BCUT2D eigenvalue weighted by Crippen LogP contribution is -2.03. The van der Waals surface area contributed by atoms with Crippen LogP contribution in [0.25, 0.3) is 0 Å². The van der Waals surface area contributed by atoms with Crippen LogP contribution in [0.4, 0.5) is 5.69 Å². The second-order valence-electron chi connectivity index (χ2n) is 4.04. The summed E-state index contributed by atoms with van der Waals surface area (Å²) in [6.07, 6.45) is 6.52. The number of aromatic nitrogens is 2. The second kappa shape index (κ2) is 6.95. The highest BCUT2D eigenvalue weighted by Crippen LogP contribution is 2.27. The van der Waals surface area contributed by atoms with Gasteiger partial charge in [-0.05, 0) is 46.5 Å². The summed E-state index contributed by atoms with van der Waals surface area (Å²) in [7, 11) is 0. The molecule has 20 heavy (non-hydrogen) atoms. The first-order chi connectivity index (χ1) is 9.66. The van der Waals surface area contributed by atoms with E-state index in [1.54, 1.807) is 12.4 Å². The molecule has 6 nitrogen and oxygen atoms in total. The van der Waals surface area contributed by atoms with Crippen LogP contribution in [0, 0.1) is 10.1 Å². The van der Waals surface area contributed by atoms with E-state index in [1.807, 2.05) is 12.1 Å². The van der Waals surface area contributed by atoms with Gasteiger partial charge in [-0.2, -0.15) is 0 Å². The Bertz CT molecular complexity index is 593. The van der Waals surface area contributed by atoms with Crippen molar-refractivity contribution in [3.05, 3.63) is 56.9 Å². The number of nitro groups is 1. The zero-order valence-electron chi connectivity index (χ0n) is 10.5. The number of pyridine rings is 2. The molecular formula is C13H12BrN3O3. The fraction of sp³-hybridized carbons (Fsp3) is 0.231. The van der Waals surface area contributed by atoms with Gasteiger partial charge in [-0.15, -0.1) is 0 Å². The third-order valence-corrected chi connectivity index (χ3v) is 3.03. The topological polar surface area (TPSA) is 78.2 Å². The molecule has 2 aromatic rings. The van der Waals surface area contributed by atoms with Crippen LogP contribution >= 0.6 is 15.9 Å². The lowest BCUT2D eigenvalue weighted by atomic mass is 10.1. The molecule has 0 aliphatic rings. The average Bonchev–Trinajstić information content (AvgIpc) is 2.45. The van der Waals surface area contributed by atoms with Crippen LogP contribution in [-0.2, 0) is 6.42 Å².